The Hall–Kier alpha value is -0.530. The molecule has 0 rings (SSSR count). The van der Waals surface area contributed by atoms with E-state index >= 15 is 0 Å². The van der Waals surface area contributed by atoms with E-state index in [9.17, 15) is 8.42 Å². The Balaban J connectivity index is 4.51. The van der Waals surface area contributed by atoms with E-state index in [-0.39, 0.29) is 5.41 Å². The highest BCUT2D eigenvalue weighted by atomic mass is 32.2. The van der Waals surface area contributed by atoms with Crippen molar-refractivity contribution < 1.29 is 8.42 Å². The molecule has 0 aromatic carbocycles. The zero-order valence-electron chi connectivity index (χ0n) is 6.30. The maximum Gasteiger partial charge on any atom is 0.277 e. The smallest absolute Gasteiger partial charge is 0.218 e. The molecule has 0 radical (unpaired) electrons. The summed E-state index contributed by atoms with van der Waals surface area (Å²) in [5.41, 5.74) is -0.313. The molecule has 0 aliphatic carbocycles. The lowest BCUT2D eigenvalue weighted by atomic mass is 9.99. The standard InChI is InChI=1S/C6H11NO2S/c1-6(2,3)4-5-10(7,8)9/h1-3H3,(H2,7,8,9). The van der Waals surface area contributed by atoms with Crippen molar-refractivity contribution in [2.45, 2.75) is 20.8 Å². The first-order chi connectivity index (χ1) is 4.21. The highest BCUT2D eigenvalue weighted by Gasteiger charge is 2.04. The van der Waals surface area contributed by atoms with Crippen molar-refractivity contribution in [1.29, 1.82) is 0 Å². The molecule has 0 aliphatic heterocycles. The summed E-state index contributed by atoms with van der Waals surface area (Å²) in [5, 5.41) is 6.60. The van der Waals surface area contributed by atoms with Crippen LogP contribution >= 0.6 is 0 Å². The highest BCUT2D eigenvalue weighted by molar-refractivity contribution is 7.93. The zero-order chi connectivity index (χ0) is 8.41. The van der Waals surface area contributed by atoms with E-state index < -0.39 is 10.0 Å². The van der Waals surface area contributed by atoms with Crippen LogP contribution in [0.1, 0.15) is 20.8 Å². The minimum Gasteiger partial charge on any atom is -0.218 e. The Labute approximate surface area is 61.7 Å². The van der Waals surface area contributed by atoms with E-state index in [0.717, 1.165) is 0 Å². The lowest BCUT2D eigenvalue weighted by molar-refractivity contribution is 0.570. The van der Waals surface area contributed by atoms with Gasteiger partial charge in [0.1, 0.15) is 0 Å². The van der Waals surface area contributed by atoms with Gasteiger partial charge in [-0.1, -0.05) is 5.92 Å². The van der Waals surface area contributed by atoms with Crippen molar-refractivity contribution in [2.24, 2.45) is 10.6 Å². The summed E-state index contributed by atoms with van der Waals surface area (Å²) < 4.78 is 20.6. The average molecular weight is 161 g/mol. The predicted octanol–water partition coefficient (Wildman–Crippen LogP) is 0.282. The van der Waals surface area contributed by atoms with Gasteiger partial charge in [-0.05, 0) is 20.8 Å². The van der Waals surface area contributed by atoms with Crippen molar-refractivity contribution in [3.05, 3.63) is 0 Å². The van der Waals surface area contributed by atoms with E-state index in [2.05, 4.69) is 11.1 Å². The normalized spacial score (nSPS) is 12.0. The molecule has 0 fully saturated rings. The summed E-state index contributed by atoms with van der Waals surface area (Å²) >= 11 is 0. The number of hydrogen-bond donors (Lipinski definition) is 1. The molecule has 0 amide bonds. The number of nitrogens with two attached hydrogens (primary N) is 1. The van der Waals surface area contributed by atoms with Crippen molar-refractivity contribution in [3.8, 4) is 11.2 Å². The van der Waals surface area contributed by atoms with Crippen LogP contribution in [0.15, 0.2) is 0 Å². The van der Waals surface area contributed by atoms with E-state index in [1.807, 2.05) is 26.0 Å². The maximum atomic E-state index is 10.3. The molecule has 0 spiro atoms. The first-order valence-electron chi connectivity index (χ1n) is 2.77. The first-order valence-corrected chi connectivity index (χ1v) is 4.32. The molecule has 0 bridgehead atoms. The molecular weight excluding hydrogens is 150 g/mol. The number of sulfonamides is 1. The third-order valence-corrected chi connectivity index (χ3v) is 0.955. The number of rotatable bonds is 0. The monoisotopic (exact) mass is 161 g/mol. The summed E-state index contributed by atoms with van der Waals surface area (Å²) in [7, 11) is -3.62. The molecule has 2 N–H and O–H groups in total. The molecule has 4 heteroatoms. The van der Waals surface area contributed by atoms with Crippen molar-refractivity contribution >= 4 is 10.0 Å². The van der Waals surface area contributed by atoms with Crippen molar-refractivity contribution in [1.82, 2.24) is 0 Å². The second-order valence-corrected chi connectivity index (χ2v) is 4.32. The molecule has 0 aliphatic rings. The Bertz CT molecular complexity index is 260. The van der Waals surface area contributed by atoms with E-state index in [0.29, 0.717) is 0 Å². The molecule has 58 valence electrons. The van der Waals surface area contributed by atoms with Crippen LogP contribution in [0.25, 0.3) is 0 Å². The lowest BCUT2D eigenvalue weighted by Gasteiger charge is -2.05. The van der Waals surface area contributed by atoms with Gasteiger partial charge in [-0.2, -0.15) is 8.42 Å². The SMILES string of the molecule is CC(C)(C)C#CS(N)(=O)=O. The molecular formula is C6H11NO2S. The summed E-state index contributed by atoms with van der Waals surface area (Å²) in [6, 6.07) is 0. The Morgan fingerprint density at radius 2 is 1.70 bits per heavy atom. The van der Waals surface area contributed by atoms with E-state index in [4.69, 9.17) is 0 Å². The third kappa shape index (κ3) is 7.47. The highest BCUT2D eigenvalue weighted by Crippen LogP contribution is 2.09. The van der Waals surface area contributed by atoms with Crippen LogP contribution in [0.2, 0.25) is 0 Å². The second-order valence-electron chi connectivity index (χ2n) is 3.02. The molecule has 0 heterocycles. The van der Waals surface area contributed by atoms with Gasteiger partial charge in [0.25, 0.3) is 10.0 Å². The largest absolute Gasteiger partial charge is 0.277 e. The Morgan fingerprint density at radius 1 is 1.30 bits per heavy atom. The van der Waals surface area contributed by atoms with Gasteiger partial charge in [0, 0.05) is 10.7 Å². The summed E-state index contributed by atoms with van der Waals surface area (Å²) in [6.07, 6.45) is 0. The van der Waals surface area contributed by atoms with Crippen molar-refractivity contribution in [2.75, 3.05) is 0 Å². The van der Waals surface area contributed by atoms with Gasteiger partial charge >= 0.3 is 0 Å². The molecule has 0 atom stereocenters. The quantitative estimate of drug-likeness (QED) is 0.519. The topological polar surface area (TPSA) is 60.2 Å². The van der Waals surface area contributed by atoms with Crippen LogP contribution in [0.5, 0.6) is 0 Å². The molecule has 0 aromatic rings. The van der Waals surface area contributed by atoms with Gasteiger partial charge in [0.2, 0.25) is 0 Å². The number of primary sulfonamides is 1. The molecule has 10 heavy (non-hydrogen) atoms. The zero-order valence-corrected chi connectivity index (χ0v) is 7.12. The second kappa shape index (κ2) is 2.60. The predicted molar refractivity (Wildman–Crippen MR) is 40.3 cm³/mol. The summed E-state index contributed by atoms with van der Waals surface area (Å²) in [5.74, 6) is 2.50. The van der Waals surface area contributed by atoms with Gasteiger partial charge in [-0.3, -0.25) is 0 Å². The average Bonchev–Trinajstić information content (AvgIpc) is 1.57. The van der Waals surface area contributed by atoms with Gasteiger partial charge in [0.15, 0.2) is 0 Å². The van der Waals surface area contributed by atoms with Gasteiger partial charge in [0.05, 0.1) is 0 Å². The van der Waals surface area contributed by atoms with Crippen LogP contribution < -0.4 is 5.14 Å². The summed E-state index contributed by atoms with van der Waals surface area (Å²) in [4.78, 5) is 0. The molecule has 3 nitrogen and oxygen atoms in total. The maximum absolute atomic E-state index is 10.3. The van der Waals surface area contributed by atoms with Crippen LogP contribution in [0, 0.1) is 16.6 Å². The molecule has 0 aromatic heterocycles. The van der Waals surface area contributed by atoms with Crippen LogP contribution in [-0.2, 0) is 10.0 Å². The number of hydrogen-bond acceptors (Lipinski definition) is 2. The van der Waals surface area contributed by atoms with Crippen molar-refractivity contribution in [3.63, 3.8) is 0 Å². The molecule has 0 unspecified atom stereocenters. The van der Waals surface area contributed by atoms with E-state index in [1.165, 1.54) is 0 Å². The van der Waals surface area contributed by atoms with Gasteiger partial charge in [-0.15, -0.1) is 0 Å². The molecule has 0 saturated carbocycles. The fraction of sp³-hybridized carbons (Fsp3) is 0.667. The lowest BCUT2D eigenvalue weighted by Crippen LogP contribution is -2.10. The van der Waals surface area contributed by atoms with Crippen LogP contribution in [0.4, 0.5) is 0 Å². The van der Waals surface area contributed by atoms with Crippen LogP contribution in [0.3, 0.4) is 0 Å². The van der Waals surface area contributed by atoms with E-state index in [1.54, 1.807) is 0 Å². The Morgan fingerprint density at radius 3 is 1.80 bits per heavy atom. The first kappa shape index (κ1) is 9.47. The molecule has 0 saturated heterocycles. The third-order valence-electron chi connectivity index (χ3n) is 0.568. The fourth-order valence-electron chi connectivity index (χ4n) is 0.224. The minimum absolute atomic E-state index is 0.313. The minimum atomic E-state index is -3.62. The fourth-order valence-corrected chi connectivity index (χ4v) is 0.673. The van der Waals surface area contributed by atoms with Gasteiger partial charge in [-0.25, -0.2) is 5.14 Å². The van der Waals surface area contributed by atoms with Gasteiger partial charge < -0.3 is 0 Å². The van der Waals surface area contributed by atoms with Crippen LogP contribution in [-0.4, -0.2) is 8.42 Å². The Kier molecular flexibility index (Phi) is 2.47. The summed E-state index contributed by atoms with van der Waals surface area (Å²) in [6.45, 7) is 5.43.